The van der Waals surface area contributed by atoms with Crippen LogP contribution in [0.4, 0.5) is 0 Å². The van der Waals surface area contributed by atoms with Crippen LogP contribution in [0.3, 0.4) is 0 Å². The highest BCUT2D eigenvalue weighted by atomic mass is 32.2. The summed E-state index contributed by atoms with van der Waals surface area (Å²) in [7, 11) is 0. The number of nitrogens with zero attached hydrogens (tertiary/aromatic N) is 3. The molecule has 0 bridgehead atoms. The second kappa shape index (κ2) is 9.06. The molecule has 0 amide bonds. The summed E-state index contributed by atoms with van der Waals surface area (Å²) in [6.07, 6.45) is 3.83. The third-order valence-corrected chi connectivity index (χ3v) is 5.56. The molecule has 2 heterocycles. The van der Waals surface area contributed by atoms with Gasteiger partial charge in [0, 0.05) is 18.0 Å². The minimum absolute atomic E-state index is 0.300. The molecule has 1 unspecified atom stereocenters. The van der Waals surface area contributed by atoms with Crippen LogP contribution in [0.1, 0.15) is 25.1 Å². The number of benzene rings is 2. The van der Waals surface area contributed by atoms with Crippen LogP contribution in [-0.2, 0) is 11.3 Å². The molecule has 140 valence electrons. The van der Waals surface area contributed by atoms with Gasteiger partial charge >= 0.3 is 0 Å². The highest BCUT2D eigenvalue weighted by molar-refractivity contribution is 7.99. The Morgan fingerprint density at radius 2 is 1.78 bits per heavy atom. The summed E-state index contributed by atoms with van der Waals surface area (Å²) in [4.78, 5) is 0. The van der Waals surface area contributed by atoms with Crippen molar-refractivity contribution >= 4 is 11.8 Å². The van der Waals surface area contributed by atoms with Crippen molar-refractivity contribution < 1.29 is 9.47 Å². The minimum Gasteiger partial charge on any atom is -0.486 e. The van der Waals surface area contributed by atoms with E-state index in [4.69, 9.17) is 9.47 Å². The van der Waals surface area contributed by atoms with Crippen molar-refractivity contribution in [2.24, 2.45) is 0 Å². The van der Waals surface area contributed by atoms with Crippen LogP contribution in [0.5, 0.6) is 5.75 Å². The predicted molar refractivity (Wildman–Crippen MR) is 106 cm³/mol. The summed E-state index contributed by atoms with van der Waals surface area (Å²) in [6.45, 7) is 1.24. The maximum Gasteiger partial charge on any atom is 0.196 e. The average molecular weight is 382 g/mol. The van der Waals surface area contributed by atoms with E-state index in [9.17, 15) is 0 Å². The van der Waals surface area contributed by atoms with E-state index >= 15 is 0 Å². The molecule has 1 saturated heterocycles. The quantitative estimate of drug-likeness (QED) is 0.564. The van der Waals surface area contributed by atoms with Crippen molar-refractivity contribution in [3.05, 3.63) is 66.5 Å². The molecule has 0 N–H and O–H groups in total. The fraction of sp³-hybridized carbons (Fsp3) is 0.333. The molecule has 0 saturated carbocycles. The van der Waals surface area contributed by atoms with Crippen molar-refractivity contribution in [2.75, 3.05) is 12.4 Å². The molecule has 1 fully saturated rings. The third-order valence-electron chi connectivity index (χ3n) is 4.50. The van der Waals surface area contributed by atoms with Gasteiger partial charge in [0.25, 0.3) is 0 Å². The molecule has 0 aliphatic carbocycles. The Balaban J connectivity index is 1.52. The van der Waals surface area contributed by atoms with Gasteiger partial charge in [-0.2, -0.15) is 0 Å². The number of ether oxygens (including phenoxy) is 2. The topological polar surface area (TPSA) is 49.2 Å². The Hall–Kier alpha value is -2.31. The lowest BCUT2D eigenvalue weighted by atomic mass is 10.1. The molecule has 0 spiro atoms. The lowest BCUT2D eigenvalue weighted by Gasteiger charge is -2.22. The number of hydrogen-bond donors (Lipinski definition) is 0. The summed E-state index contributed by atoms with van der Waals surface area (Å²) in [5.41, 5.74) is 1.04. The van der Waals surface area contributed by atoms with Gasteiger partial charge in [0.05, 0.1) is 6.10 Å². The van der Waals surface area contributed by atoms with Crippen LogP contribution >= 0.6 is 11.8 Å². The second-order valence-corrected chi connectivity index (χ2v) is 7.46. The van der Waals surface area contributed by atoms with E-state index in [1.54, 1.807) is 11.8 Å². The Morgan fingerprint density at radius 1 is 1.00 bits per heavy atom. The zero-order valence-corrected chi connectivity index (χ0v) is 16.0. The molecule has 5 nitrogen and oxygen atoms in total. The first kappa shape index (κ1) is 18.1. The van der Waals surface area contributed by atoms with Gasteiger partial charge in [-0.15, -0.1) is 10.2 Å². The van der Waals surface area contributed by atoms with Gasteiger partial charge in [0.15, 0.2) is 11.0 Å². The van der Waals surface area contributed by atoms with Gasteiger partial charge < -0.3 is 9.47 Å². The summed E-state index contributed by atoms with van der Waals surface area (Å²) < 4.78 is 13.8. The van der Waals surface area contributed by atoms with Crippen LogP contribution in [0.25, 0.3) is 5.69 Å². The van der Waals surface area contributed by atoms with Crippen LogP contribution in [-0.4, -0.2) is 33.2 Å². The van der Waals surface area contributed by atoms with Crippen molar-refractivity contribution in [1.82, 2.24) is 14.8 Å². The normalized spacial score (nSPS) is 17.0. The molecule has 3 aromatic rings. The van der Waals surface area contributed by atoms with Crippen molar-refractivity contribution in [2.45, 2.75) is 37.1 Å². The Labute approximate surface area is 163 Å². The summed E-state index contributed by atoms with van der Waals surface area (Å²) in [6, 6.07) is 20.0. The van der Waals surface area contributed by atoms with Crippen molar-refractivity contribution in [3.63, 3.8) is 0 Å². The smallest absolute Gasteiger partial charge is 0.196 e. The Morgan fingerprint density at radius 3 is 2.52 bits per heavy atom. The molecule has 0 radical (unpaired) electrons. The summed E-state index contributed by atoms with van der Waals surface area (Å²) >= 11 is 1.70. The average Bonchev–Trinajstić information content (AvgIpc) is 3.16. The molecule has 6 heteroatoms. The standard InChI is InChI=1S/C21H23N3O2S/c1-3-9-17(10-4-1)24-20(15-26-18-11-5-2-6-12-18)22-23-21(24)27-16-19-13-7-8-14-25-19/h1-6,9-12,19H,7-8,13-16H2. The molecule has 27 heavy (non-hydrogen) atoms. The van der Waals surface area contributed by atoms with Gasteiger partial charge in [0.1, 0.15) is 12.4 Å². The van der Waals surface area contributed by atoms with E-state index in [0.29, 0.717) is 12.7 Å². The SMILES string of the molecule is c1ccc(OCc2nnc(SCC3CCCCO3)n2-c2ccccc2)cc1. The van der Waals surface area contributed by atoms with Crippen molar-refractivity contribution in [1.29, 1.82) is 0 Å². The van der Waals surface area contributed by atoms with E-state index in [2.05, 4.69) is 26.9 Å². The van der Waals surface area contributed by atoms with Gasteiger partial charge in [-0.25, -0.2) is 0 Å². The molecule has 1 aliphatic rings. The van der Waals surface area contributed by atoms with Crippen LogP contribution in [0.2, 0.25) is 0 Å². The molecule has 1 atom stereocenters. The van der Waals surface area contributed by atoms with E-state index in [1.165, 1.54) is 12.8 Å². The van der Waals surface area contributed by atoms with Crippen LogP contribution < -0.4 is 4.74 Å². The van der Waals surface area contributed by atoms with Gasteiger partial charge in [-0.3, -0.25) is 4.57 Å². The predicted octanol–water partition coefficient (Wildman–Crippen LogP) is 4.51. The van der Waals surface area contributed by atoms with E-state index in [0.717, 1.165) is 41.2 Å². The monoisotopic (exact) mass is 381 g/mol. The fourth-order valence-corrected chi connectivity index (χ4v) is 4.13. The first-order valence-corrected chi connectivity index (χ1v) is 10.3. The first-order valence-electron chi connectivity index (χ1n) is 9.32. The first-order chi connectivity index (χ1) is 13.4. The van der Waals surface area contributed by atoms with Gasteiger partial charge in [-0.05, 0) is 43.5 Å². The van der Waals surface area contributed by atoms with E-state index in [-0.39, 0.29) is 0 Å². The Kier molecular flexibility index (Phi) is 6.06. The number of thioether (sulfide) groups is 1. The highest BCUT2D eigenvalue weighted by Gasteiger charge is 2.19. The number of aromatic nitrogens is 3. The highest BCUT2D eigenvalue weighted by Crippen LogP contribution is 2.26. The lowest BCUT2D eigenvalue weighted by molar-refractivity contribution is 0.0315. The van der Waals surface area contributed by atoms with Crippen molar-refractivity contribution in [3.8, 4) is 11.4 Å². The van der Waals surface area contributed by atoms with Gasteiger partial charge in [-0.1, -0.05) is 48.2 Å². The molecule has 4 rings (SSSR count). The second-order valence-electron chi connectivity index (χ2n) is 6.47. The molecule has 1 aliphatic heterocycles. The molecule has 1 aromatic heterocycles. The molecular weight excluding hydrogens is 358 g/mol. The maximum absolute atomic E-state index is 5.90. The minimum atomic E-state index is 0.300. The van der Waals surface area contributed by atoms with Gasteiger partial charge in [0.2, 0.25) is 0 Å². The molecule has 2 aromatic carbocycles. The van der Waals surface area contributed by atoms with E-state index < -0.39 is 0 Å². The summed E-state index contributed by atoms with van der Waals surface area (Å²) in [5.74, 6) is 2.51. The number of para-hydroxylation sites is 2. The zero-order chi connectivity index (χ0) is 18.3. The maximum atomic E-state index is 5.90. The number of rotatable bonds is 7. The van der Waals surface area contributed by atoms with Crippen LogP contribution in [0.15, 0.2) is 65.8 Å². The van der Waals surface area contributed by atoms with E-state index in [1.807, 2.05) is 48.5 Å². The fourth-order valence-electron chi connectivity index (χ4n) is 3.09. The number of hydrogen-bond acceptors (Lipinski definition) is 5. The van der Waals surface area contributed by atoms with Crippen LogP contribution in [0, 0.1) is 0 Å². The zero-order valence-electron chi connectivity index (χ0n) is 15.2. The largest absolute Gasteiger partial charge is 0.486 e. The Bertz CT molecular complexity index is 833. The summed E-state index contributed by atoms with van der Waals surface area (Å²) in [5, 5.41) is 9.70. The lowest BCUT2D eigenvalue weighted by Crippen LogP contribution is -2.21. The third kappa shape index (κ3) is 4.70. The molecular formula is C21H23N3O2S.